The van der Waals surface area contributed by atoms with E-state index < -0.39 is 0 Å². The van der Waals surface area contributed by atoms with Crippen LogP contribution in [0.1, 0.15) is 30.5 Å². The second-order valence-electron chi connectivity index (χ2n) is 4.21. The molecular weight excluding hydrogens is 164 g/mol. The fourth-order valence-electron chi connectivity index (χ4n) is 2.41. The fourth-order valence-corrected chi connectivity index (χ4v) is 2.41. The maximum absolute atomic E-state index is 10.9. The van der Waals surface area contributed by atoms with Gasteiger partial charge < -0.3 is 0 Å². The number of hydrogen-bond acceptors (Lipinski definition) is 2. The molecule has 2 aliphatic carbocycles. The lowest BCUT2D eigenvalue weighted by Gasteiger charge is -2.02. The Hall–Kier alpha value is -1.12. The zero-order valence-corrected chi connectivity index (χ0v) is 7.66. The van der Waals surface area contributed by atoms with Crippen LogP contribution in [-0.4, -0.2) is 15.6 Å². The Morgan fingerprint density at radius 2 is 2.62 bits per heavy atom. The molecular formula is C10H12N2O. The third-order valence-electron chi connectivity index (χ3n) is 3.13. The van der Waals surface area contributed by atoms with Crippen molar-refractivity contribution in [1.82, 2.24) is 9.78 Å². The van der Waals surface area contributed by atoms with E-state index in [4.69, 9.17) is 0 Å². The second-order valence-corrected chi connectivity index (χ2v) is 4.21. The van der Waals surface area contributed by atoms with E-state index in [1.807, 2.05) is 10.9 Å². The highest BCUT2D eigenvalue weighted by molar-refractivity contribution is 5.75. The van der Waals surface area contributed by atoms with Gasteiger partial charge in [-0.25, -0.2) is 0 Å². The Bertz CT molecular complexity index is 380. The summed E-state index contributed by atoms with van der Waals surface area (Å²) in [7, 11) is 0. The van der Waals surface area contributed by atoms with Gasteiger partial charge in [-0.3, -0.25) is 9.48 Å². The number of ketones is 1. The smallest absolute Gasteiger partial charge is 0.151 e. The third kappa shape index (κ3) is 0.961. The minimum atomic E-state index is 0.187. The molecule has 0 radical (unpaired) electrons. The van der Waals surface area contributed by atoms with E-state index >= 15 is 0 Å². The van der Waals surface area contributed by atoms with E-state index in [0.29, 0.717) is 6.54 Å². The van der Waals surface area contributed by atoms with Crippen LogP contribution in [0.2, 0.25) is 0 Å². The zero-order chi connectivity index (χ0) is 9.00. The summed E-state index contributed by atoms with van der Waals surface area (Å²) in [4.78, 5) is 10.9. The SMILES string of the molecule is CC(=O)Cn1ncc2c1CC1CC21. The van der Waals surface area contributed by atoms with Gasteiger partial charge in [-0.1, -0.05) is 0 Å². The number of hydrogen-bond donors (Lipinski definition) is 0. The number of carbonyl (C=O) groups excluding carboxylic acids is 1. The lowest BCUT2D eigenvalue weighted by Crippen LogP contribution is -2.11. The van der Waals surface area contributed by atoms with Gasteiger partial charge in [0.15, 0.2) is 5.78 Å². The molecule has 0 N–H and O–H groups in total. The highest BCUT2D eigenvalue weighted by Crippen LogP contribution is 2.55. The average molecular weight is 176 g/mol. The molecule has 13 heavy (non-hydrogen) atoms. The zero-order valence-electron chi connectivity index (χ0n) is 7.66. The van der Waals surface area contributed by atoms with Gasteiger partial charge in [0.25, 0.3) is 0 Å². The van der Waals surface area contributed by atoms with Gasteiger partial charge in [-0.2, -0.15) is 5.10 Å². The van der Waals surface area contributed by atoms with Crippen LogP contribution in [-0.2, 0) is 17.8 Å². The van der Waals surface area contributed by atoms with Gasteiger partial charge in [-0.15, -0.1) is 0 Å². The minimum absolute atomic E-state index is 0.187. The first-order valence-electron chi connectivity index (χ1n) is 4.79. The fraction of sp³-hybridized carbons (Fsp3) is 0.600. The van der Waals surface area contributed by atoms with Crippen molar-refractivity contribution in [3.63, 3.8) is 0 Å². The molecule has 1 aromatic rings. The molecule has 0 saturated heterocycles. The molecule has 0 aliphatic heterocycles. The molecule has 0 spiro atoms. The van der Waals surface area contributed by atoms with Crippen LogP contribution in [0.5, 0.6) is 0 Å². The molecule has 3 heteroatoms. The van der Waals surface area contributed by atoms with E-state index in [2.05, 4.69) is 5.10 Å². The molecule has 0 aromatic carbocycles. The number of rotatable bonds is 2. The Balaban J connectivity index is 1.96. The van der Waals surface area contributed by atoms with Crippen LogP contribution in [0.4, 0.5) is 0 Å². The number of aromatic nitrogens is 2. The summed E-state index contributed by atoms with van der Waals surface area (Å²) < 4.78 is 1.88. The number of carbonyl (C=O) groups is 1. The maximum Gasteiger partial charge on any atom is 0.151 e. The van der Waals surface area contributed by atoms with Crippen molar-refractivity contribution in [2.45, 2.75) is 32.2 Å². The molecule has 3 rings (SSSR count). The number of Topliss-reactive ketones (excluding diaryl/α,β-unsaturated/α-hetero) is 1. The Morgan fingerprint density at radius 1 is 1.77 bits per heavy atom. The molecule has 0 amide bonds. The van der Waals surface area contributed by atoms with E-state index in [1.54, 1.807) is 6.92 Å². The van der Waals surface area contributed by atoms with Crippen molar-refractivity contribution < 1.29 is 4.79 Å². The van der Waals surface area contributed by atoms with E-state index in [9.17, 15) is 4.79 Å². The van der Waals surface area contributed by atoms with Gasteiger partial charge in [0.1, 0.15) is 0 Å². The topological polar surface area (TPSA) is 34.9 Å². The molecule has 0 bridgehead atoms. The van der Waals surface area contributed by atoms with Crippen LogP contribution in [0, 0.1) is 5.92 Å². The summed E-state index contributed by atoms with van der Waals surface area (Å²) in [5.74, 6) is 1.85. The maximum atomic E-state index is 10.9. The molecule has 1 aromatic heterocycles. The predicted octanol–water partition coefficient (Wildman–Crippen LogP) is 1.13. The van der Waals surface area contributed by atoms with Crippen molar-refractivity contribution in [3.05, 3.63) is 17.5 Å². The lowest BCUT2D eigenvalue weighted by molar-refractivity contribution is -0.117. The van der Waals surface area contributed by atoms with Gasteiger partial charge >= 0.3 is 0 Å². The molecule has 3 nitrogen and oxygen atoms in total. The Kier molecular flexibility index (Phi) is 1.25. The van der Waals surface area contributed by atoms with Crippen LogP contribution >= 0.6 is 0 Å². The molecule has 1 heterocycles. The minimum Gasteiger partial charge on any atom is -0.298 e. The largest absolute Gasteiger partial charge is 0.298 e. The first-order chi connectivity index (χ1) is 6.25. The second kappa shape index (κ2) is 2.22. The van der Waals surface area contributed by atoms with Gasteiger partial charge in [0, 0.05) is 5.69 Å². The average Bonchev–Trinajstić information content (AvgIpc) is 2.56. The molecule has 2 aliphatic rings. The lowest BCUT2D eigenvalue weighted by atomic mass is 10.2. The Morgan fingerprint density at radius 3 is 3.38 bits per heavy atom. The van der Waals surface area contributed by atoms with Crippen LogP contribution in [0.3, 0.4) is 0 Å². The van der Waals surface area contributed by atoms with Crippen molar-refractivity contribution in [3.8, 4) is 0 Å². The quantitative estimate of drug-likeness (QED) is 0.677. The molecule has 1 fully saturated rings. The van der Waals surface area contributed by atoms with Crippen molar-refractivity contribution >= 4 is 5.78 Å². The molecule has 2 atom stereocenters. The van der Waals surface area contributed by atoms with Crippen LogP contribution < -0.4 is 0 Å². The van der Waals surface area contributed by atoms with Gasteiger partial charge in [-0.05, 0) is 37.2 Å². The highest BCUT2D eigenvalue weighted by atomic mass is 16.1. The summed E-state index contributed by atoms with van der Waals surface area (Å²) in [5.41, 5.74) is 2.72. The summed E-state index contributed by atoms with van der Waals surface area (Å²) in [6.07, 6.45) is 4.45. The van der Waals surface area contributed by atoms with Crippen LogP contribution in [0.15, 0.2) is 6.20 Å². The summed E-state index contributed by atoms with van der Waals surface area (Å²) in [6.45, 7) is 2.07. The molecule has 68 valence electrons. The summed E-state index contributed by atoms with van der Waals surface area (Å²) >= 11 is 0. The summed E-state index contributed by atoms with van der Waals surface area (Å²) in [5, 5.41) is 4.25. The Labute approximate surface area is 76.7 Å². The first kappa shape index (κ1) is 7.30. The number of nitrogens with zero attached hydrogens (tertiary/aromatic N) is 2. The first-order valence-corrected chi connectivity index (χ1v) is 4.79. The van der Waals surface area contributed by atoms with E-state index in [-0.39, 0.29) is 5.78 Å². The van der Waals surface area contributed by atoms with Crippen molar-refractivity contribution in [2.75, 3.05) is 0 Å². The molecule has 1 saturated carbocycles. The molecule has 2 unspecified atom stereocenters. The van der Waals surface area contributed by atoms with E-state index in [0.717, 1.165) is 18.3 Å². The highest BCUT2D eigenvalue weighted by Gasteiger charge is 2.47. The predicted molar refractivity (Wildman–Crippen MR) is 47.5 cm³/mol. The third-order valence-corrected chi connectivity index (χ3v) is 3.13. The van der Waals surface area contributed by atoms with E-state index in [1.165, 1.54) is 17.7 Å². The number of fused-ring (bicyclic) bond motifs is 3. The summed E-state index contributed by atoms with van der Waals surface area (Å²) in [6, 6.07) is 0. The monoisotopic (exact) mass is 176 g/mol. The van der Waals surface area contributed by atoms with Crippen molar-refractivity contribution in [2.24, 2.45) is 5.92 Å². The standard InChI is InChI=1S/C10H12N2O/c1-6(13)5-12-10-3-7-2-8(7)9(10)4-11-12/h4,7-8H,2-3,5H2,1H3. The normalized spacial score (nSPS) is 28.4. The van der Waals surface area contributed by atoms with Gasteiger partial charge in [0.2, 0.25) is 0 Å². The van der Waals surface area contributed by atoms with Crippen LogP contribution in [0.25, 0.3) is 0 Å². The van der Waals surface area contributed by atoms with Crippen molar-refractivity contribution in [1.29, 1.82) is 0 Å². The van der Waals surface area contributed by atoms with Gasteiger partial charge in [0.05, 0.1) is 12.7 Å².